The fraction of sp³-hybridized carbons (Fsp3) is 0.348. The first-order valence-corrected chi connectivity index (χ1v) is 11.7. The second kappa shape index (κ2) is 9.94. The lowest BCUT2D eigenvalue weighted by molar-refractivity contribution is -0.119. The summed E-state index contributed by atoms with van der Waals surface area (Å²) < 4.78 is 32.4. The minimum absolute atomic E-state index is 0.119. The van der Waals surface area contributed by atoms with Crippen molar-refractivity contribution in [2.75, 3.05) is 25.0 Å². The predicted molar refractivity (Wildman–Crippen MR) is 118 cm³/mol. The molecule has 0 saturated carbocycles. The summed E-state index contributed by atoms with van der Waals surface area (Å²) in [6, 6.07) is 13.8. The zero-order valence-corrected chi connectivity index (χ0v) is 18.8. The van der Waals surface area contributed by atoms with Gasteiger partial charge in [0.2, 0.25) is 10.0 Å². The second-order valence-electron chi connectivity index (χ2n) is 8.11. The molecule has 2 aromatic rings. The number of carbonyl (C=O) groups is 2. The van der Waals surface area contributed by atoms with Crippen LogP contribution in [0.1, 0.15) is 36.2 Å². The molecule has 1 heterocycles. The number of rotatable bonds is 6. The molecule has 1 aliphatic heterocycles. The lowest BCUT2D eigenvalue weighted by Crippen LogP contribution is -2.42. The number of sulfonamides is 1. The standard InChI is InChI=1S/C23H25N3O5S/c1-16-11-17(2)14-26(13-16)32(29,30)21-9-5-19(6-10-21)23(28)31-15-22(27)25-20-7-3-18(12-24)4-8-20/h3-10,16-17H,11,13-15H2,1-2H3,(H,25,27)/t16-,17-/m0/s1. The average molecular weight is 456 g/mol. The third kappa shape index (κ3) is 5.72. The Morgan fingerprint density at radius 2 is 1.66 bits per heavy atom. The van der Waals surface area contributed by atoms with Gasteiger partial charge in [0.25, 0.3) is 5.91 Å². The summed E-state index contributed by atoms with van der Waals surface area (Å²) in [5, 5.41) is 11.3. The number of nitrogens with one attached hydrogen (secondary N) is 1. The van der Waals surface area contributed by atoms with Gasteiger partial charge in [-0.25, -0.2) is 13.2 Å². The zero-order chi connectivity index (χ0) is 23.3. The SMILES string of the molecule is C[C@H]1C[C@H](C)CN(S(=O)(=O)c2ccc(C(=O)OCC(=O)Nc3ccc(C#N)cc3)cc2)C1. The van der Waals surface area contributed by atoms with E-state index in [1.165, 1.54) is 28.6 Å². The number of benzene rings is 2. The molecule has 1 N–H and O–H groups in total. The molecule has 2 aromatic carbocycles. The van der Waals surface area contributed by atoms with Gasteiger partial charge >= 0.3 is 5.97 Å². The van der Waals surface area contributed by atoms with Crippen molar-refractivity contribution in [1.82, 2.24) is 4.31 Å². The molecule has 168 valence electrons. The van der Waals surface area contributed by atoms with E-state index in [2.05, 4.69) is 5.32 Å². The number of piperidine rings is 1. The molecule has 1 fully saturated rings. The van der Waals surface area contributed by atoms with Gasteiger partial charge in [-0.3, -0.25) is 4.79 Å². The molecule has 9 heteroatoms. The molecule has 0 radical (unpaired) electrons. The van der Waals surface area contributed by atoms with Crippen LogP contribution in [0.25, 0.3) is 0 Å². The highest BCUT2D eigenvalue weighted by Crippen LogP contribution is 2.26. The first kappa shape index (κ1) is 23.4. The molecule has 0 aromatic heterocycles. The van der Waals surface area contributed by atoms with E-state index in [9.17, 15) is 18.0 Å². The Bertz CT molecular complexity index is 1110. The Labute approximate surface area is 187 Å². The van der Waals surface area contributed by atoms with E-state index in [0.29, 0.717) is 36.2 Å². The van der Waals surface area contributed by atoms with Crippen LogP contribution in [0.15, 0.2) is 53.4 Å². The van der Waals surface area contributed by atoms with Crippen molar-refractivity contribution in [2.24, 2.45) is 11.8 Å². The normalized spacial score (nSPS) is 19.0. The van der Waals surface area contributed by atoms with Crippen LogP contribution in [-0.4, -0.2) is 44.3 Å². The molecule has 8 nitrogen and oxygen atoms in total. The number of carbonyl (C=O) groups excluding carboxylic acids is 2. The van der Waals surface area contributed by atoms with E-state index in [0.717, 1.165) is 6.42 Å². The highest BCUT2D eigenvalue weighted by molar-refractivity contribution is 7.89. The molecule has 0 bridgehead atoms. The van der Waals surface area contributed by atoms with Crippen molar-refractivity contribution in [3.05, 3.63) is 59.7 Å². The van der Waals surface area contributed by atoms with Gasteiger partial charge in [-0.15, -0.1) is 0 Å². The van der Waals surface area contributed by atoms with Crippen LogP contribution in [-0.2, 0) is 19.6 Å². The van der Waals surface area contributed by atoms with E-state index in [1.807, 2.05) is 19.9 Å². The molecule has 3 rings (SSSR count). The lowest BCUT2D eigenvalue weighted by atomic mass is 9.94. The van der Waals surface area contributed by atoms with Gasteiger partial charge in [-0.05, 0) is 66.8 Å². The first-order chi connectivity index (χ1) is 15.2. The monoisotopic (exact) mass is 455 g/mol. The third-order valence-corrected chi connectivity index (χ3v) is 7.04. The van der Waals surface area contributed by atoms with Crippen molar-refractivity contribution in [3.8, 4) is 6.07 Å². The second-order valence-corrected chi connectivity index (χ2v) is 10.0. The van der Waals surface area contributed by atoms with Gasteiger partial charge < -0.3 is 10.1 Å². The van der Waals surface area contributed by atoms with Gasteiger partial charge in [0.05, 0.1) is 22.1 Å². The topological polar surface area (TPSA) is 117 Å². The van der Waals surface area contributed by atoms with Crippen LogP contribution in [0.2, 0.25) is 0 Å². The Kier molecular flexibility index (Phi) is 7.28. The Hall–Kier alpha value is -3.22. The number of nitrogens with zero attached hydrogens (tertiary/aromatic N) is 2. The van der Waals surface area contributed by atoms with Gasteiger partial charge in [0.15, 0.2) is 6.61 Å². The van der Waals surface area contributed by atoms with E-state index < -0.39 is 28.5 Å². The minimum atomic E-state index is -3.64. The zero-order valence-electron chi connectivity index (χ0n) is 17.9. The van der Waals surface area contributed by atoms with Gasteiger partial charge in [-0.2, -0.15) is 9.57 Å². The lowest BCUT2D eigenvalue weighted by Gasteiger charge is -2.34. The summed E-state index contributed by atoms with van der Waals surface area (Å²) in [7, 11) is -3.64. The summed E-state index contributed by atoms with van der Waals surface area (Å²) in [5.41, 5.74) is 1.08. The molecule has 1 saturated heterocycles. The molecular weight excluding hydrogens is 430 g/mol. The summed E-state index contributed by atoms with van der Waals surface area (Å²) >= 11 is 0. The maximum atomic E-state index is 12.9. The number of esters is 1. The number of ether oxygens (including phenoxy) is 1. The summed E-state index contributed by atoms with van der Waals surface area (Å²) in [5.74, 6) is -0.684. The van der Waals surface area contributed by atoms with Crippen molar-refractivity contribution in [3.63, 3.8) is 0 Å². The largest absolute Gasteiger partial charge is 0.452 e. The highest BCUT2D eigenvalue weighted by Gasteiger charge is 2.31. The van der Waals surface area contributed by atoms with Gasteiger partial charge in [-0.1, -0.05) is 13.8 Å². The van der Waals surface area contributed by atoms with Crippen LogP contribution < -0.4 is 5.32 Å². The van der Waals surface area contributed by atoms with E-state index in [1.54, 1.807) is 24.3 Å². The van der Waals surface area contributed by atoms with Gasteiger partial charge in [0.1, 0.15) is 0 Å². The fourth-order valence-electron chi connectivity index (χ4n) is 3.75. The van der Waals surface area contributed by atoms with Gasteiger partial charge in [0, 0.05) is 18.8 Å². The summed E-state index contributed by atoms with van der Waals surface area (Å²) in [6.45, 7) is 4.53. The molecule has 1 aliphatic rings. The molecule has 0 unspecified atom stereocenters. The van der Waals surface area contributed by atoms with Crippen molar-refractivity contribution in [2.45, 2.75) is 25.2 Å². The number of hydrogen-bond donors (Lipinski definition) is 1. The number of amides is 1. The first-order valence-electron chi connectivity index (χ1n) is 10.3. The molecule has 2 atom stereocenters. The Balaban J connectivity index is 1.57. The molecule has 0 aliphatic carbocycles. The number of hydrogen-bond acceptors (Lipinski definition) is 6. The summed E-state index contributed by atoms with van der Waals surface area (Å²) in [6.07, 6.45) is 0.996. The Morgan fingerprint density at radius 1 is 1.06 bits per heavy atom. The van der Waals surface area contributed by atoms with Crippen LogP contribution in [0, 0.1) is 23.2 Å². The molecule has 32 heavy (non-hydrogen) atoms. The molecule has 1 amide bonds. The van der Waals surface area contributed by atoms with Crippen molar-refractivity contribution in [1.29, 1.82) is 5.26 Å². The van der Waals surface area contributed by atoms with E-state index >= 15 is 0 Å². The van der Waals surface area contributed by atoms with Crippen LogP contribution >= 0.6 is 0 Å². The average Bonchev–Trinajstić information content (AvgIpc) is 2.77. The van der Waals surface area contributed by atoms with Crippen molar-refractivity contribution < 1.29 is 22.7 Å². The molecule has 0 spiro atoms. The van der Waals surface area contributed by atoms with E-state index in [4.69, 9.17) is 10.00 Å². The van der Waals surface area contributed by atoms with Crippen LogP contribution in [0.3, 0.4) is 0 Å². The number of anilines is 1. The Morgan fingerprint density at radius 3 is 2.22 bits per heavy atom. The highest BCUT2D eigenvalue weighted by atomic mass is 32.2. The van der Waals surface area contributed by atoms with Crippen LogP contribution in [0.5, 0.6) is 0 Å². The maximum Gasteiger partial charge on any atom is 0.338 e. The maximum absolute atomic E-state index is 12.9. The summed E-state index contributed by atoms with van der Waals surface area (Å²) in [4.78, 5) is 24.3. The third-order valence-electron chi connectivity index (χ3n) is 5.20. The fourth-order valence-corrected chi connectivity index (χ4v) is 5.43. The smallest absolute Gasteiger partial charge is 0.338 e. The van der Waals surface area contributed by atoms with Crippen molar-refractivity contribution >= 4 is 27.6 Å². The predicted octanol–water partition coefficient (Wildman–Crippen LogP) is 3.02. The van der Waals surface area contributed by atoms with E-state index in [-0.39, 0.29) is 10.5 Å². The molecular formula is C23H25N3O5S. The quantitative estimate of drug-likeness (QED) is 0.669. The number of nitriles is 1. The van der Waals surface area contributed by atoms with Crippen LogP contribution in [0.4, 0.5) is 5.69 Å². The minimum Gasteiger partial charge on any atom is -0.452 e.